The Bertz CT molecular complexity index is 1340. The van der Waals surface area contributed by atoms with Gasteiger partial charge in [0.25, 0.3) is 11.8 Å². The van der Waals surface area contributed by atoms with Crippen molar-refractivity contribution in [2.24, 2.45) is 11.5 Å². The van der Waals surface area contributed by atoms with Crippen molar-refractivity contribution >= 4 is 22.8 Å². The molecule has 4 rings (SSSR count). The molecule has 5 N–H and O–H groups in total. The van der Waals surface area contributed by atoms with Crippen molar-refractivity contribution in [1.29, 1.82) is 0 Å². The van der Waals surface area contributed by atoms with Gasteiger partial charge >= 0.3 is 0 Å². The number of amides is 2. The number of carbonyl (C=O) groups excluding carboxylic acids is 2. The Hall–Kier alpha value is -4.40. The van der Waals surface area contributed by atoms with Gasteiger partial charge in [-0.2, -0.15) is 0 Å². The molecule has 9 heteroatoms. The van der Waals surface area contributed by atoms with Gasteiger partial charge < -0.3 is 16.5 Å². The van der Waals surface area contributed by atoms with Crippen LogP contribution >= 0.6 is 0 Å². The minimum absolute atomic E-state index is 0.0811. The van der Waals surface area contributed by atoms with Gasteiger partial charge in [-0.3, -0.25) is 14.4 Å². The highest BCUT2D eigenvalue weighted by Gasteiger charge is 2.11. The molecule has 0 spiro atoms. The number of rotatable bonds is 4. The highest BCUT2D eigenvalue weighted by atomic mass is 16.1. The van der Waals surface area contributed by atoms with Crippen LogP contribution in [0.3, 0.4) is 0 Å². The molecule has 4 aromatic rings. The molecule has 29 heavy (non-hydrogen) atoms. The predicted molar refractivity (Wildman–Crippen MR) is 106 cm³/mol. The molecule has 0 fully saturated rings. The van der Waals surface area contributed by atoms with Gasteiger partial charge in [0.15, 0.2) is 5.43 Å². The number of aromatic amines is 1. The van der Waals surface area contributed by atoms with Crippen molar-refractivity contribution in [3.05, 3.63) is 76.2 Å². The fourth-order valence-corrected chi connectivity index (χ4v) is 2.84. The molecule has 9 nitrogen and oxygen atoms in total. The lowest BCUT2D eigenvalue weighted by Crippen LogP contribution is -2.13. The maximum atomic E-state index is 12.5. The number of nitrogens with one attached hydrogen (secondary N) is 1. The first-order valence-electron chi connectivity index (χ1n) is 8.51. The smallest absolute Gasteiger partial charge is 0.267 e. The van der Waals surface area contributed by atoms with Gasteiger partial charge in [0.2, 0.25) is 0 Å². The third-order valence-electron chi connectivity index (χ3n) is 4.23. The van der Waals surface area contributed by atoms with Gasteiger partial charge in [0, 0.05) is 6.07 Å². The van der Waals surface area contributed by atoms with Crippen molar-refractivity contribution in [3.63, 3.8) is 0 Å². The Morgan fingerprint density at radius 2 is 1.34 bits per heavy atom. The van der Waals surface area contributed by atoms with Crippen LogP contribution in [0.1, 0.15) is 21.0 Å². The second kappa shape index (κ2) is 6.97. The third kappa shape index (κ3) is 3.44. The summed E-state index contributed by atoms with van der Waals surface area (Å²) in [6.07, 6.45) is 0. The van der Waals surface area contributed by atoms with Gasteiger partial charge in [0.05, 0.1) is 28.2 Å². The number of primary amides is 2. The van der Waals surface area contributed by atoms with Gasteiger partial charge in [-0.1, -0.05) is 12.1 Å². The van der Waals surface area contributed by atoms with Crippen LogP contribution in [0.2, 0.25) is 0 Å². The number of nitrogens with zero attached hydrogens (tertiary/aromatic N) is 3. The van der Waals surface area contributed by atoms with Crippen LogP contribution in [0.15, 0.2) is 59.4 Å². The maximum Gasteiger partial charge on any atom is 0.267 e. The van der Waals surface area contributed by atoms with Crippen LogP contribution in [0.4, 0.5) is 0 Å². The van der Waals surface area contributed by atoms with Crippen molar-refractivity contribution in [2.75, 3.05) is 0 Å². The Morgan fingerprint density at radius 1 is 0.759 bits per heavy atom. The largest absolute Gasteiger partial charge is 0.364 e. The van der Waals surface area contributed by atoms with Gasteiger partial charge in [-0.25, -0.2) is 15.0 Å². The van der Waals surface area contributed by atoms with Crippen LogP contribution in [0.25, 0.3) is 33.8 Å². The number of carbonyl (C=O) groups is 2. The summed E-state index contributed by atoms with van der Waals surface area (Å²) in [5.41, 5.74) is 12.4. The van der Waals surface area contributed by atoms with E-state index in [2.05, 4.69) is 19.9 Å². The molecule has 142 valence electrons. The van der Waals surface area contributed by atoms with Crippen LogP contribution in [-0.2, 0) is 0 Å². The summed E-state index contributed by atoms with van der Waals surface area (Å²) < 4.78 is 0. The monoisotopic (exact) mass is 386 g/mol. The number of H-pyrrole nitrogens is 1. The van der Waals surface area contributed by atoms with E-state index in [1.807, 2.05) is 0 Å². The second-order valence-electron chi connectivity index (χ2n) is 6.18. The summed E-state index contributed by atoms with van der Waals surface area (Å²) in [7, 11) is 0. The quantitative estimate of drug-likeness (QED) is 0.479. The normalized spacial score (nSPS) is 10.8. The molecule has 0 aliphatic carbocycles. The van der Waals surface area contributed by atoms with Crippen LogP contribution in [0.5, 0.6) is 0 Å². The molecule has 0 radical (unpaired) electrons. The van der Waals surface area contributed by atoms with E-state index in [9.17, 15) is 14.4 Å². The van der Waals surface area contributed by atoms with Crippen molar-refractivity contribution < 1.29 is 9.59 Å². The molecule has 0 aliphatic rings. The Labute approximate surface area is 163 Å². The summed E-state index contributed by atoms with van der Waals surface area (Å²) in [5.74, 6) is -1.32. The lowest BCUT2D eigenvalue weighted by atomic mass is 10.1. The summed E-state index contributed by atoms with van der Waals surface area (Å²) in [6.45, 7) is 0. The molecule has 0 bridgehead atoms. The fourth-order valence-electron chi connectivity index (χ4n) is 2.84. The van der Waals surface area contributed by atoms with E-state index in [1.165, 1.54) is 18.2 Å². The zero-order valence-electron chi connectivity index (χ0n) is 14.9. The van der Waals surface area contributed by atoms with Crippen molar-refractivity contribution in [1.82, 2.24) is 19.9 Å². The minimum atomic E-state index is -0.671. The maximum absolute atomic E-state index is 12.5. The average Bonchev–Trinajstić information content (AvgIpc) is 2.73. The van der Waals surface area contributed by atoms with Gasteiger partial charge in [-0.15, -0.1) is 0 Å². The van der Waals surface area contributed by atoms with E-state index >= 15 is 0 Å². The number of hydrogen-bond donors (Lipinski definition) is 3. The van der Waals surface area contributed by atoms with Crippen LogP contribution < -0.4 is 16.9 Å². The molecule has 0 saturated heterocycles. The van der Waals surface area contributed by atoms with Gasteiger partial charge in [-0.05, 0) is 36.4 Å². The Balaban J connectivity index is 1.86. The van der Waals surface area contributed by atoms with E-state index in [4.69, 9.17) is 11.5 Å². The summed E-state index contributed by atoms with van der Waals surface area (Å²) >= 11 is 0. The number of pyridine rings is 4. The molecule has 0 aliphatic heterocycles. The van der Waals surface area contributed by atoms with E-state index in [-0.39, 0.29) is 16.8 Å². The SMILES string of the molecule is NC(=O)c1cccc(-c2ccc3c(=O)cc(-c4cccc(C(N)=O)n4)[nH]c3n2)n1. The van der Waals surface area contributed by atoms with E-state index < -0.39 is 11.8 Å². The highest BCUT2D eigenvalue weighted by molar-refractivity contribution is 5.92. The van der Waals surface area contributed by atoms with Crippen LogP contribution in [-0.4, -0.2) is 31.8 Å². The topological polar surface area (TPSA) is 158 Å². The lowest BCUT2D eigenvalue weighted by molar-refractivity contribution is 0.0987. The van der Waals surface area contributed by atoms with E-state index in [0.717, 1.165) is 0 Å². The second-order valence-corrected chi connectivity index (χ2v) is 6.18. The van der Waals surface area contributed by atoms with Gasteiger partial charge in [0.1, 0.15) is 17.0 Å². The molecule has 0 unspecified atom stereocenters. The number of aromatic nitrogens is 4. The first-order chi connectivity index (χ1) is 13.9. The zero-order valence-corrected chi connectivity index (χ0v) is 14.9. The summed E-state index contributed by atoms with van der Waals surface area (Å²) in [4.78, 5) is 51.1. The first kappa shape index (κ1) is 18.0. The third-order valence-corrected chi connectivity index (χ3v) is 4.23. The average molecular weight is 386 g/mol. The van der Waals surface area contributed by atoms with E-state index in [1.54, 1.807) is 36.4 Å². The fraction of sp³-hybridized carbons (Fsp3) is 0. The van der Waals surface area contributed by atoms with Crippen molar-refractivity contribution in [2.45, 2.75) is 0 Å². The molecule has 4 aromatic heterocycles. The number of fused-ring (bicyclic) bond motifs is 1. The summed E-state index contributed by atoms with van der Waals surface area (Å²) in [6, 6.07) is 14.2. The molecule has 4 heterocycles. The van der Waals surface area contributed by atoms with E-state index in [0.29, 0.717) is 33.8 Å². The van der Waals surface area contributed by atoms with Crippen LogP contribution in [0, 0.1) is 0 Å². The number of hydrogen-bond acceptors (Lipinski definition) is 6. The Kier molecular flexibility index (Phi) is 4.32. The lowest BCUT2D eigenvalue weighted by Gasteiger charge is -2.07. The molecular formula is C20H14N6O3. The number of nitrogens with two attached hydrogens (primary N) is 2. The summed E-state index contributed by atoms with van der Waals surface area (Å²) in [5, 5.41) is 0.370. The van der Waals surface area contributed by atoms with Crippen molar-refractivity contribution in [3.8, 4) is 22.8 Å². The molecule has 0 saturated carbocycles. The standard InChI is InChI=1S/C20H14N6O3/c21-18(28)14-5-1-3-11(23-14)13-8-7-10-17(27)9-16(26-20(10)25-13)12-4-2-6-15(24-12)19(22)29/h1-9H,(H2,21,28)(H2,22,29)(H,25,26,27). The zero-order chi connectivity index (χ0) is 20.5. The molecule has 2 amide bonds. The Morgan fingerprint density at radius 3 is 2.00 bits per heavy atom. The first-order valence-corrected chi connectivity index (χ1v) is 8.51. The highest BCUT2D eigenvalue weighted by Crippen LogP contribution is 2.20. The predicted octanol–water partition coefficient (Wildman–Crippen LogP) is 1.24. The molecule has 0 aromatic carbocycles. The minimum Gasteiger partial charge on any atom is -0.364 e. The molecule has 0 atom stereocenters. The molecular weight excluding hydrogens is 372 g/mol.